The van der Waals surface area contributed by atoms with Crippen molar-refractivity contribution in [2.24, 2.45) is 0 Å². The van der Waals surface area contributed by atoms with Crippen molar-refractivity contribution in [3.63, 3.8) is 0 Å². The molecule has 4 aromatic carbocycles. The van der Waals surface area contributed by atoms with Gasteiger partial charge >= 0.3 is 5.97 Å². The van der Waals surface area contributed by atoms with E-state index >= 15 is 0 Å². The van der Waals surface area contributed by atoms with E-state index in [4.69, 9.17) is 45.0 Å². The average Bonchev–Trinajstić information content (AvgIpc) is 3.73. The normalized spacial score (nSPS) is 13.4. The summed E-state index contributed by atoms with van der Waals surface area (Å²) in [6, 6.07) is 25.0. The number of methoxy groups -OCH3 is 1. The fourth-order valence-electron chi connectivity index (χ4n) is 7.57. The molecule has 0 aliphatic carbocycles. The Kier molecular flexibility index (Phi) is 14.9. The summed E-state index contributed by atoms with van der Waals surface area (Å²) < 4.78 is 50.5. The number of carbonyl (C=O) groups is 1. The first-order valence-corrected chi connectivity index (χ1v) is 22.4. The summed E-state index contributed by atoms with van der Waals surface area (Å²) in [4.78, 5) is 33.9. The molecule has 65 heavy (non-hydrogen) atoms. The van der Waals surface area contributed by atoms with Crippen LogP contribution in [0.2, 0.25) is 5.02 Å². The number of rotatable bonds is 18. The van der Waals surface area contributed by atoms with Crippen LogP contribution < -0.4 is 19.5 Å². The fourth-order valence-corrected chi connectivity index (χ4v) is 8.98. The van der Waals surface area contributed by atoms with Gasteiger partial charge in [0.1, 0.15) is 35.1 Å². The van der Waals surface area contributed by atoms with E-state index < -0.39 is 18.4 Å². The third-order valence-electron chi connectivity index (χ3n) is 10.7. The van der Waals surface area contributed by atoms with Crippen LogP contribution >= 0.6 is 22.9 Å². The van der Waals surface area contributed by atoms with E-state index in [0.29, 0.717) is 81.3 Å². The molecule has 2 N–H and O–H groups in total. The van der Waals surface area contributed by atoms with Crippen LogP contribution in [0.5, 0.6) is 17.4 Å². The summed E-state index contributed by atoms with van der Waals surface area (Å²) >= 11 is 8.50. The van der Waals surface area contributed by atoms with Crippen LogP contribution in [-0.4, -0.2) is 77.2 Å². The van der Waals surface area contributed by atoms with Crippen LogP contribution in [-0.2, 0) is 38.6 Å². The number of hydrogen-bond acceptors (Lipinski definition) is 14. The number of thiophene rings is 1. The second-order valence-corrected chi connectivity index (χ2v) is 16.4. The van der Waals surface area contributed by atoms with Gasteiger partial charge in [-0.15, -0.1) is 11.3 Å². The lowest BCUT2D eigenvalue weighted by Gasteiger charge is -2.25. The summed E-state index contributed by atoms with van der Waals surface area (Å²) in [7, 11) is 1.60. The third kappa shape index (κ3) is 10.4. The molecule has 0 radical (unpaired) electrons. The van der Waals surface area contributed by atoms with Crippen LogP contribution in [0.1, 0.15) is 47.6 Å². The number of halogens is 2. The van der Waals surface area contributed by atoms with Gasteiger partial charge in [-0.2, -0.15) is 0 Å². The molecule has 0 bridgehead atoms. The van der Waals surface area contributed by atoms with E-state index in [1.807, 2.05) is 61.5 Å². The standard InChI is InChI=1S/C49H47ClFN5O8S/c1-4-60-48(58)40(25-32-24-30(26-52-20-21-57)10-17-38(32)63-27-34-18-19-53-45(56-34)36-8-5-6-9-39(36)59-3)64-46-42-41(35-15-16-37(43(50)29(35)2)49-61-22-7-23-62-49)44(65-47(42)55-28-54-46)31-11-13-33(51)14-12-31/h5-6,8-19,24,28,40,49,52,57H,4,7,20-23,25-27H2,1-3H3/t40-/m1/s1. The lowest BCUT2D eigenvalue weighted by atomic mass is 9.94. The largest absolute Gasteiger partial charge is 0.496 e. The highest BCUT2D eigenvalue weighted by Crippen LogP contribution is 2.49. The lowest BCUT2D eigenvalue weighted by molar-refractivity contribution is -0.182. The molecule has 8 rings (SSSR count). The molecule has 3 aromatic heterocycles. The topological polar surface area (TPSA) is 156 Å². The Bertz CT molecular complexity index is 2770. The van der Waals surface area contributed by atoms with Gasteiger partial charge in [-0.25, -0.2) is 29.1 Å². The van der Waals surface area contributed by atoms with Crippen molar-refractivity contribution in [1.82, 2.24) is 25.3 Å². The van der Waals surface area contributed by atoms with Crippen molar-refractivity contribution in [3.05, 3.63) is 136 Å². The number of carbonyl (C=O) groups excluding carboxylic acids is 1. The summed E-state index contributed by atoms with van der Waals surface area (Å²) in [6.45, 7) is 5.76. The van der Waals surface area contributed by atoms with E-state index in [-0.39, 0.29) is 37.9 Å². The van der Waals surface area contributed by atoms with Crippen LogP contribution in [0, 0.1) is 12.7 Å². The number of ether oxygens (including phenoxy) is 6. The minimum atomic E-state index is -1.21. The molecular formula is C49H47ClFN5O8S. The molecule has 1 atom stereocenters. The van der Waals surface area contributed by atoms with Crippen LogP contribution in [0.4, 0.5) is 4.39 Å². The predicted molar refractivity (Wildman–Crippen MR) is 246 cm³/mol. The van der Waals surface area contributed by atoms with E-state index in [9.17, 15) is 14.3 Å². The number of nitrogens with one attached hydrogen (secondary N) is 1. The van der Waals surface area contributed by atoms with Gasteiger partial charge in [0, 0.05) is 41.7 Å². The first kappa shape index (κ1) is 45.5. The molecule has 4 heterocycles. The van der Waals surface area contributed by atoms with Gasteiger partial charge in [0.15, 0.2) is 12.1 Å². The second-order valence-electron chi connectivity index (χ2n) is 15.0. The van der Waals surface area contributed by atoms with Crippen molar-refractivity contribution in [2.75, 3.05) is 40.1 Å². The number of esters is 1. The number of fused-ring (bicyclic) bond motifs is 1. The van der Waals surface area contributed by atoms with Gasteiger partial charge in [-0.05, 0) is 84.5 Å². The van der Waals surface area contributed by atoms with Crippen LogP contribution in [0.25, 0.3) is 43.2 Å². The van der Waals surface area contributed by atoms with E-state index in [2.05, 4.69) is 20.3 Å². The van der Waals surface area contributed by atoms with Gasteiger partial charge in [-0.1, -0.05) is 60.1 Å². The monoisotopic (exact) mass is 919 g/mol. The highest BCUT2D eigenvalue weighted by molar-refractivity contribution is 7.22. The van der Waals surface area contributed by atoms with Crippen molar-refractivity contribution in [1.29, 1.82) is 0 Å². The summed E-state index contributed by atoms with van der Waals surface area (Å²) in [5.41, 5.74) is 6.53. The molecule has 13 nitrogen and oxygen atoms in total. The molecule has 0 saturated carbocycles. The Morgan fingerprint density at radius 2 is 1.82 bits per heavy atom. The highest BCUT2D eigenvalue weighted by atomic mass is 35.5. The maximum atomic E-state index is 14.3. The van der Waals surface area contributed by atoms with Crippen molar-refractivity contribution < 1.29 is 42.7 Å². The number of hydrogen-bond donors (Lipinski definition) is 2. The van der Waals surface area contributed by atoms with Gasteiger partial charge in [0.25, 0.3) is 0 Å². The zero-order chi connectivity index (χ0) is 45.3. The van der Waals surface area contributed by atoms with E-state index in [1.54, 1.807) is 38.4 Å². The maximum absolute atomic E-state index is 14.3. The molecule has 336 valence electrons. The number of aromatic nitrogens is 4. The Labute approximate surface area is 384 Å². The number of nitrogens with zero attached hydrogens (tertiary/aromatic N) is 4. The van der Waals surface area contributed by atoms with E-state index in [0.717, 1.165) is 39.1 Å². The first-order chi connectivity index (χ1) is 31.8. The fraction of sp³-hybridized carbons (Fsp3) is 0.286. The number of benzene rings is 4. The first-order valence-electron chi connectivity index (χ1n) is 21.2. The quantitative estimate of drug-likeness (QED) is 0.0621. The molecular weight excluding hydrogens is 873 g/mol. The molecule has 7 aromatic rings. The van der Waals surface area contributed by atoms with Gasteiger partial charge in [0.05, 0.1) is 55.2 Å². The molecule has 0 unspecified atom stereocenters. The molecule has 1 fully saturated rings. The summed E-state index contributed by atoms with van der Waals surface area (Å²) in [5, 5.41) is 13.7. The number of aliphatic hydroxyl groups excluding tert-OH is 1. The highest BCUT2D eigenvalue weighted by Gasteiger charge is 2.30. The van der Waals surface area contributed by atoms with E-state index in [1.165, 1.54) is 29.8 Å². The van der Waals surface area contributed by atoms with Gasteiger partial charge in [-0.3, -0.25) is 0 Å². The predicted octanol–water partition coefficient (Wildman–Crippen LogP) is 9.24. The smallest absolute Gasteiger partial charge is 0.347 e. The van der Waals surface area contributed by atoms with Crippen molar-refractivity contribution in [3.8, 4) is 50.3 Å². The van der Waals surface area contributed by atoms with Gasteiger partial charge < -0.3 is 38.8 Å². The van der Waals surface area contributed by atoms with Crippen molar-refractivity contribution in [2.45, 2.75) is 52.2 Å². The van der Waals surface area contributed by atoms with Crippen LogP contribution in [0.15, 0.2) is 97.5 Å². The van der Waals surface area contributed by atoms with Gasteiger partial charge in [0.2, 0.25) is 12.0 Å². The number of para-hydroxylation sites is 1. The Morgan fingerprint density at radius 3 is 2.60 bits per heavy atom. The minimum Gasteiger partial charge on any atom is -0.496 e. The zero-order valence-electron chi connectivity index (χ0n) is 36.0. The van der Waals surface area contributed by atoms with Crippen LogP contribution in [0.3, 0.4) is 0 Å². The zero-order valence-corrected chi connectivity index (χ0v) is 37.6. The second kappa shape index (κ2) is 21.3. The SMILES string of the molecule is CCOC(=O)[C@@H](Cc1cc(CNCCO)ccc1OCc1ccnc(-c2ccccc2OC)n1)Oc1ncnc2sc(-c3ccc(F)cc3)c(-c3ccc(C4OCCCO4)c(Cl)c3C)c12. The van der Waals surface area contributed by atoms with Crippen molar-refractivity contribution >= 4 is 39.1 Å². The molecule has 0 amide bonds. The molecule has 1 aliphatic heterocycles. The Morgan fingerprint density at radius 1 is 1.00 bits per heavy atom. The lowest BCUT2D eigenvalue weighted by Crippen LogP contribution is -2.32. The third-order valence-corrected chi connectivity index (χ3v) is 12.4. The summed E-state index contributed by atoms with van der Waals surface area (Å²) in [6.07, 6.45) is 2.05. The molecule has 0 spiro atoms. The maximum Gasteiger partial charge on any atom is 0.347 e. The minimum absolute atomic E-state index is 0.0228. The molecule has 1 aliphatic rings. The Balaban J connectivity index is 1.18. The average molecular weight is 920 g/mol. The number of aliphatic hydroxyl groups is 1. The Hall–Kier alpha value is -6.07. The molecule has 1 saturated heterocycles. The summed E-state index contributed by atoms with van der Waals surface area (Å²) in [5.74, 6) is 0.765. The molecule has 16 heteroatoms.